The molecule has 2 aromatic rings. The molecule has 0 radical (unpaired) electrons. The van der Waals surface area contributed by atoms with E-state index in [9.17, 15) is 9.90 Å². The molecule has 0 aliphatic carbocycles. The van der Waals surface area contributed by atoms with Gasteiger partial charge in [0.15, 0.2) is 5.82 Å². The number of aromatic nitrogens is 1. The molecule has 0 bridgehead atoms. The third kappa shape index (κ3) is 4.61. The molecule has 2 rings (SSSR count). The number of nitrogens with one attached hydrogen (secondary N) is 1. The summed E-state index contributed by atoms with van der Waals surface area (Å²) in [7, 11) is 0. The van der Waals surface area contributed by atoms with Crippen LogP contribution >= 0.6 is 0 Å². The predicted octanol–water partition coefficient (Wildman–Crippen LogP) is 1.81. The Bertz CT molecular complexity index is 581. The number of anilines is 2. The molecule has 1 amide bonds. The average molecular weight is 289 g/mol. The predicted molar refractivity (Wildman–Crippen MR) is 80.2 cm³/mol. The quantitative estimate of drug-likeness (QED) is 0.848. The molecule has 0 saturated carbocycles. The van der Waals surface area contributed by atoms with E-state index in [1.165, 1.54) is 0 Å². The van der Waals surface area contributed by atoms with Crippen molar-refractivity contribution in [2.75, 3.05) is 23.3 Å². The van der Waals surface area contributed by atoms with E-state index >= 15 is 0 Å². The van der Waals surface area contributed by atoms with Gasteiger partial charge >= 0.3 is 0 Å². The fraction of sp³-hybridized carbons (Fsp3) is 0.333. The molecule has 1 aromatic heterocycles. The van der Waals surface area contributed by atoms with E-state index in [-0.39, 0.29) is 12.5 Å². The smallest absolute Gasteiger partial charge is 0.245 e. The maximum absolute atomic E-state index is 12.1. The highest BCUT2D eigenvalue weighted by Gasteiger charge is 2.14. The van der Waals surface area contributed by atoms with E-state index in [0.29, 0.717) is 18.1 Å². The number of carbonyl (C=O) groups excluding carboxylic acids is 1. The Labute approximate surface area is 123 Å². The van der Waals surface area contributed by atoms with Crippen LogP contribution in [0.1, 0.15) is 12.7 Å². The van der Waals surface area contributed by atoms with Crippen LogP contribution in [0.2, 0.25) is 0 Å². The van der Waals surface area contributed by atoms with Gasteiger partial charge in [-0.15, -0.1) is 0 Å². The zero-order valence-electron chi connectivity index (χ0n) is 12.1. The second-order valence-electron chi connectivity index (χ2n) is 4.94. The lowest BCUT2D eigenvalue weighted by Crippen LogP contribution is -2.37. The van der Waals surface area contributed by atoms with Gasteiger partial charge in [0.25, 0.3) is 0 Å². The second kappa shape index (κ2) is 6.90. The molecule has 0 aliphatic heterocycles. The first-order valence-corrected chi connectivity index (χ1v) is 6.76. The van der Waals surface area contributed by atoms with Gasteiger partial charge in [-0.25, -0.2) is 0 Å². The first-order valence-electron chi connectivity index (χ1n) is 6.76. The number of nitrogens with zero attached hydrogens (tertiary/aromatic N) is 2. The summed E-state index contributed by atoms with van der Waals surface area (Å²) in [6.45, 7) is 3.94. The van der Waals surface area contributed by atoms with Crippen molar-refractivity contribution in [3.63, 3.8) is 0 Å². The Morgan fingerprint density at radius 2 is 2.14 bits per heavy atom. The van der Waals surface area contributed by atoms with Gasteiger partial charge in [-0.2, -0.15) is 0 Å². The third-order valence-corrected chi connectivity index (χ3v) is 2.84. The number of para-hydroxylation sites is 1. The lowest BCUT2D eigenvalue weighted by atomic mass is 10.2. The van der Waals surface area contributed by atoms with Gasteiger partial charge < -0.3 is 19.8 Å². The van der Waals surface area contributed by atoms with Crippen LogP contribution in [-0.2, 0) is 4.79 Å². The van der Waals surface area contributed by atoms with Crippen molar-refractivity contribution in [1.82, 2.24) is 5.16 Å². The highest BCUT2D eigenvalue weighted by molar-refractivity contribution is 5.93. The summed E-state index contributed by atoms with van der Waals surface area (Å²) in [6.07, 6.45) is -0.535. The molecule has 2 N–H and O–H groups in total. The van der Waals surface area contributed by atoms with Crippen molar-refractivity contribution in [3.8, 4) is 0 Å². The number of hydrogen-bond donors (Lipinski definition) is 2. The maximum atomic E-state index is 12.1. The summed E-state index contributed by atoms with van der Waals surface area (Å²) in [6, 6.07) is 11.1. The lowest BCUT2D eigenvalue weighted by molar-refractivity contribution is -0.115. The van der Waals surface area contributed by atoms with Gasteiger partial charge in [-0.05, 0) is 26.0 Å². The Morgan fingerprint density at radius 1 is 1.43 bits per heavy atom. The van der Waals surface area contributed by atoms with Crippen LogP contribution in [0.25, 0.3) is 0 Å². The molecule has 1 aromatic carbocycles. The molecule has 1 heterocycles. The molecular weight excluding hydrogens is 270 g/mol. The van der Waals surface area contributed by atoms with E-state index in [0.717, 1.165) is 5.69 Å². The molecule has 6 heteroatoms. The standard InChI is InChI=1S/C15H19N3O3/c1-11(19)9-18(13-6-4-3-5-7-13)10-15(20)16-14-8-12(2)21-17-14/h3-8,11,19H,9-10H2,1-2H3,(H,16,17,20)/t11-/m0/s1. The molecule has 21 heavy (non-hydrogen) atoms. The van der Waals surface area contributed by atoms with Crippen molar-refractivity contribution >= 4 is 17.4 Å². The third-order valence-electron chi connectivity index (χ3n) is 2.84. The molecule has 1 atom stereocenters. The normalized spacial score (nSPS) is 12.0. The summed E-state index contributed by atoms with van der Waals surface area (Å²) in [5.41, 5.74) is 0.880. The van der Waals surface area contributed by atoms with Crippen molar-refractivity contribution in [1.29, 1.82) is 0 Å². The van der Waals surface area contributed by atoms with Crippen LogP contribution in [0.15, 0.2) is 40.9 Å². The molecule has 112 valence electrons. The first-order chi connectivity index (χ1) is 10.0. The van der Waals surface area contributed by atoms with Gasteiger partial charge in [-0.3, -0.25) is 4.79 Å². The molecule has 0 aliphatic rings. The highest BCUT2D eigenvalue weighted by Crippen LogP contribution is 2.14. The number of aliphatic hydroxyl groups excluding tert-OH is 1. The molecule has 0 unspecified atom stereocenters. The molecule has 0 spiro atoms. The number of rotatable bonds is 6. The number of amides is 1. The fourth-order valence-corrected chi connectivity index (χ4v) is 2.00. The van der Waals surface area contributed by atoms with Crippen LogP contribution in [0.5, 0.6) is 0 Å². The zero-order valence-corrected chi connectivity index (χ0v) is 12.1. The Kier molecular flexibility index (Phi) is 4.94. The number of aliphatic hydroxyl groups is 1. The van der Waals surface area contributed by atoms with Gasteiger partial charge in [0.05, 0.1) is 12.6 Å². The fourth-order valence-electron chi connectivity index (χ4n) is 2.00. The van der Waals surface area contributed by atoms with Gasteiger partial charge in [0.2, 0.25) is 5.91 Å². The minimum atomic E-state index is -0.535. The highest BCUT2D eigenvalue weighted by atomic mass is 16.5. The van der Waals surface area contributed by atoms with Crippen LogP contribution in [-0.4, -0.2) is 35.4 Å². The maximum Gasteiger partial charge on any atom is 0.245 e. The summed E-state index contributed by atoms with van der Waals surface area (Å²) in [5, 5.41) is 16.0. The van der Waals surface area contributed by atoms with E-state index in [1.54, 1.807) is 19.9 Å². The molecule has 0 fully saturated rings. The second-order valence-corrected chi connectivity index (χ2v) is 4.94. The summed E-state index contributed by atoms with van der Waals surface area (Å²) in [4.78, 5) is 13.9. The minimum absolute atomic E-state index is 0.126. The number of hydrogen-bond acceptors (Lipinski definition) is 5. The average Bonchev–Trinajstić information content (AvgIpc) is 2.83. The lowest BCUT2D eigenvalue weighted by Gasteiger charge is -2.25. The van der Waals surface area contributed by atoms with Crippen molar-refractivity contribution in [2.24, 2.45) is 0 Å². The van der Waals surface area contributed by atoms with Crippen molar-refractivity contribution in [2.45, 2.75) is 20.0 Å². The molecule has 6 nitrogen and oxygen atoms in total. The van der Waals surface area contributed by atoms with Gasteiger partial charge in [0, 0.05) is 18.3 Å². The topological polar surface area (TPSA) is 78.6 Å². The minimum Gasteiger partial charge on any atom is -0.392 e. The van der Waals surface area contributed by atoms with Crippen molar-refractivity contribution < 1.29 is 14.4 Å². The Balaban J connectivity index is 2.02. The zero-order chi connectivity index (χ0) is 15.2. The molecule has 0 saturated heterocycles. The summed E-state index contributed by atoms with van der Waals surface area (Å²) in [5.74, 6) is 0.810. The Hall–Kier alpha value is -2.34. The van der Waals surface area contributed by atoms with Crippen LogP contribution < -0.4 is 10.2 Å². The number of benzene rings is 1. The largest absolute Gasteiger partial charge is 0.392 e. The number of carbonyl (C=O) groups is 1. The summed E-state index contributed by atoms with van der Waals surface area (Å²) < 4.78 is 4.90. The first kappa shape index (κ1) is 15.1. The molecular formula is C15H19N3O3. The number of aryl methyl sites for hydroxylation is 1. The van der Waals surface area contributed by atoms with E-state index in [1.807, 2.05) is 35.2 Å². The van der Waals surface area contributed by atoms with E-state index in [4.69, 9.17) is 4.52 Å². The van der Waals surface area contributed by atoms with Gasteiger partial charge in [0.1, 0.15) is 5.76 Å². The van der Waals surface area contributed by atoms with E-state index in [2.05, 4.69) is 10.5 Å². The van der Waals surface area contributed by atoms with Crippen LogP contribution in [0.3, 0.4) is 0 Å². The van der Waals surface area contributed by atoms with Crippen molar-refractivity contribution in [3.05, 3.63) is 42.2 Å². The SMILES string of the molecule is Cc1cc(NC(=O)CN(C[C@H](C)O)c2ccccc2)no1. The van der Waals surface area contributed by atoms with Crippen LogP contribution in [0.4, 0.5) is 11.5 Å². The monoisotopic (exact) mass is 289 g/mol. The van der Waals surface area contributed by atoms with Gasteiger partial charge in [-0.1, -0.05) is 23.4 Å². The Morgan fingerprint density at radius 3 is 2.71 bits per heavy atom. The van der Waals surface area contributed by atoms with E-state index < -0.39 is 6.10 Å². The van der Waals surface area contributed by atoms with Crippen LogP contribution in [0, 0.1) is 6.92 Å². The summed E-state index contributed by atoms with van der Waals surface area (Å²) >= 11 is 0.